The summed E-state index contributed by atoms with van der Waals surface area (Å²) in [4.78, 5) is 68.7. The number of allylic oxidation sites excluding steroid dienone is 1. The highest BCUT2D eigenvalue weighted by atomic mass is 16.5. The molecule has 0 spiro atoms. The Morgan fingerprint density at radius 2 is 1.76 bits per heavy atom. The fourth-order valence-electron chi connectivity index (χ4n) is 8.73. The number of rotatable bonds is 20. The maximum Gasteiger partial charge on any atom is 0.293 e. The van der Waals surface area contributed by atoms with Crippen molar-refractivity contribution in [3.05, 3.63) is 108 Å². The molecule has 1 saturated heterocycles. The average Bonchev–Trinajstić information content (AvgIpc) is 3.66. The van der Waals surface area contributed by atoms with E-state index in [4.69, 9.17) is 19.3 Å². The van der Waals surface area contributed by atoms with E-state index >= 15 is 0 Å². The zero-order valence-electron chi connectivity index (χ0n) is 42.5. The summed E-state index contributed by atoms with van der Waals surface area (Å²) in [5, 5.41) is 19.7. The van der Waals surface area contributed by atoms with Gasteiger partial charge in [0.2, 0.25) is 5.91 Å². The summed E-state index contributed by atoms with van der Waals surface area (Å²) >= 11 is 0. The molecule has 1 fully saturated rings. The van der Waals surface area contributed by atoms with E-state index in [1.807, 2.05) is 51.9 Å². The molecular formula is C54H72N8O8. The molecule has 4 heterocycles. The van der Waals surface area contributed by atoms with Crippen molar-refractivity contribution in [3.63, 3.8) is 0 Å². The number of amides is 2. The number of benzene rings is 2. The Hall–Kier alpha value is -6.75. The van der Waals surface area contributed by atoms with E-state index in [9.17, 15) is 24.3 Å². The summed E-state index contributed by atoms with van der Waals surface area (Å²) in [6.07, 6.45) is 8.31. The fourth-order valence-corrected chi connectivity index (χ4v) is 8.73. The lowest BCUT2D eigenvalue weighted by molar-refractivity contribution is -0.141. The van der Waals surface area contributed by atoms with Gasteiger partial charge in [0.25, 0.3) is 12.4 Å². The van der Waals surface area contributed by atoms with Crippen molar-refractivity contribution in [2.24, 2.45) is 11.3 Å². The molecule has 1 aliphatic rings. The number of aromatic hydroxyl groups is 1. The molecule has 0 aliphatic carbocycles. The van der Waals surface area contributed by atoms with Gasteiger partial charge in [0.15, 0.2) is 6.29 Å². The Morgan fingerprint density at radius 1 is 1.01 bits per heavy atom. The second-order valence-electron chi connectivity index (χ2n) is 18.5. The van der Waals surface area contributed by atoms with Gasteiger partial charge >= 0.3 is 0 Å². The van der Waals surface area contributed by atoms with Gasteiger partial charge in [-0.15, -0.1) is 0 Å². The van der Waals surface area contributed by atoms with Crippen molar-refractivity contribution in [3.8, 4) is 28.1 Å². The molecule has 6 rings (SSSR count). The number of hydrogen-bond donors (Lipinski definition) is 4. The molecule has 0 bridgehead atoms. The lowest BCUT2D eigenvalue weighted by atomic mass is 9.84. The number of carbonyl (C=O) groups is 5. The number of hydrogen-bond acceptors (Lipinski definition) is 13. The molecule has 2 amide bonds. The maximum atomic E-state index is 14.0. The van der Waals surface area contributed by atoms with E-state index < -0.39 is 17.5 Å². The molecule has 5 aromatic rings. The van der Waals surface area contributed by atoms with Crippen LogP contribution >= 0.6 is 0 Å². The van der Waals surface area contributed by atoms with Crippen LogP contribution in [-0.2, 0) is 48.0 Å². The predicted octanol–water partition coefficient (Wildman–Crippen LogP) is 7.59. The van der Waals surface area contributed by atoms with Crippen LogP contribution in [0.25, 0.3) is 33.3 Å². The first-order chi connectivity index (χ1) is 33.5. The second-order valence-corrected chi connectivity index (χ2v) is 18.5. The topological polar surface area (TPSA) is 197 Å². The van der Waals surface area contributed by atoms with Gasteiger partial charge in [0.05, 0.1) is 30.1 Å². The van der Waals surface area contributed by atoms with Crippen LogP contribution in [0.4, 0.5) is 5.82 Å². The summed E-state index contributed by atoms with van der Waals surface area (Å²) in [7, 11) is 7.19. The number of phenols is 1. The maximum absolute atomic E-state index is 14.0. The third kappa shape index (κ3) is 14.9. The summed E-state index contributed by atoms with van der Waals surface area (Å²) < 4.78 is 13.4. The first kappa shape index (κ1) is 55.8. The van der Waals surface area contributed by atoms with Gasteiger partial charge < -0.3 is 29.8 Å². The minimum atomic E-state index is -0.849. The number of nitrogens with zero attached hydrogens (tertiary/aromatic N) is 5. The van der Waals surface area contributed by atoms with Crippen molar-refractivity contribution in [1.29, 1.82) is 0 Å². The number of hydrazine groups is 1. The monoisotopic (exact) mass is 961 g/mol. The minimum Gasteiger partial charge on any atom is -0.508 e. The number of nitrogens with one attached hydrogen (secondary N) is 3. The van der Waals surface area contributed by atoms with E-state index in [1.54, 1.807) is 49.6 Å². The van der Waals surface area contributed by atoms with Crippen molar-refractivity contribution in [2.45, 2.75) is 92.0 Å². The number of ether oxygens (including phenoxy) is 2. The van der Waals surface area contributed by atoms with Crippen LogP contribution in [0.1, 0.15) is 87.7 Å². The number of aldehydes is 2. The minimum absolute atomic E-state index is 0.0281. The van der Waals surface area contributed by atoms with Crippen molar-refractivity contribution in [1.82, 2.24) is 35.2 Å². The number of methoxy groups -OCH3 is 1. The van der Waals surface area contributed by atoms with E-state index in [0.717, 1.165) is 75.1 Å². The standard InChI is InChI=1S/C44H60N6O6.C7H8N2O.C3H4O/c1-10-49-38-16-15-31(24-35(38)36(25-44(5,6)26-56-27-51)41(49)34-14-13-17-45-39(34)29(4)55-9)32-20-30(21-33(52)23-32)22-37(43(54)50-19-12-11-18-46-50)47-42(53)40(28(2)3)48(7)8;1-8-7-3-2-6(5-10)4-9-7;1-2-3-4/h13-17,20-21,23-24,27-29,37,40,46,52H,10-12,18-19,22,25-26H2,1-9H3,(H,47,53);2-5H,1H3,(H,8,9);2-3H,1H2. The van der Waals surface area contributed by atoms with E-state index in [1.165, 1.54) is 12.3 Å². The van der Waals surface area contributed by atoms with Crippen molar-refractivity contribution < 1.29 is 38.6 Å². The molecule has 0 saturated carbocycles. The summed E-state index contributed by atoms with van der Waals surface area (Å²) in [5.41, 5.74) is 10.7. The van der Waals surface area contributed by atoms with Gasteiger partial charge in [-0.3, -0.25) is 38.9 Å². The quantitative estimate of drug-likeness (QED) is 0.0440. The highest BCUT2D eigenvalue weighted by Gasteiger charge is 2.33. The highest BCUT2D eigenvalue weighted by Crippen LogP contribution is 2.42. The molecular weight excluding hydrogens is 889 g/mol. The first-order valence-corrected chi connectivity index (χ1v) is 23.7. The SMILES string of the molecule is C=CC=O.CCn1c(-c2cccnc2C(C)OC)c(CC(C)(C)COC=O)c2cc(-c3cc(O)cc(CC(NC(=O)C(C(C)C)N(C)C)C(=O)N4CCCCN4)c3)ccc21.CNc1ccc(C=O)cn1. The molecule has 0 radical (unpaired) electrons. The number of aromatic nitrogens is 3. The Kier molecular flexibility index (Phi) is 21.4. The Balaban J connectivity index is 0.000000657. The lowest BCUT2D eigenvalue weighted by Crippen LogP contribution is -2.58. The number of pyridine rings is 2. The number of fused-ring (bicyclic) bond motifs is 1. The summed E-state index contributed by atoms with van der Waals surface area (Å²) in [6.45, 7) is 18.0. The van der Waals surface area contributed by atoms with Gasteiger partial charge in [-0.05, 0) is 130 Å². The van der Waals surface area contributed by atoms with Crippen LogP contribution in [0.3, 0.4) is 0 Å². The largest absolute Gasteiger partial charge is 0.508 e. The fraction of sp³-hybridized carbons (Fsp3) is 0.426. The molecule has 3 unspecified atom stereocenters. The molecule has 4 N–H and O–H groups in total. The number of carbonyl (C=O) groups excluding carboxylic acids is 5. The molecule has 70 heavy (non-hydrogen) atoms. The van der Waals surface area contributed by atoms with Crippen LogP contribution in [0.5, 0.6) is 5.75 Å². The molecule has 16 nitrogen and oxygen atoms in total. The van der Waals surface area contributed by atoms with Crippen LogP contribution < -0.4 is 16.1 Å². The number of phenolic OH excluding ortho intramolecular Hbond substituents is 1. The summed E-state index contributed by atoms with van der Waals surface area (Å²) in [6, 6.07) is 17.9. The average molecular weight is 961 g/mol. The third-order valence-corrected chi connectivity index (χ3v) is 12.0. The first-order valence-electron chi connectivity index (χ1n) is 23.7. The van der Waals surface area contributed by atoms with E-state index in [2.05, 4.69) is 77.2 Å². The zero-order chi connectivity index (χ0) is 51.5. The van der Waals surface area contributed by atoms with Gasteiger partial charge in [0, 0.05) is 80.1 Å². The zero-order valence-corrected chi connectivity index (χ0v) is 42.5. The van der Waals surface area contributed by atoms with Crippen molar-refractivity contribution in [2.75, 3.05) is 53.3 Å². The Labute approximate surface area is 412 Å². The molecule has 376 valence electrons. The van der Waals surface area contributed by atoms with E-state index in [-0.39, 0.29) is 42.6 Å². The summed E-state index contributed by atoms with van der Waals surface area (Å²) in [5.74, 6) is 0.439. The normalized spacial score (nSPS) is 13.7. The number of likely N-dealkylation sites (N-methyl/N-ethyl adjacent to an activating group) is 1. The molecule has 16 heteroatoms. The Morgan fingerprint density at radius 3 is 2.33 bits per heavy atom. The van der Waals surface area contributed by atoms with Gasteiger partial charge in [-0.2, -0.15) is 0 Å². The van der Waals surface area contributed by atoms with Gasteiger partial charge in [-0.25, -0.2) is 10.4 Å². The van der Waals surface area contributed by atoms with E-state index in [0.29, 0.717) is 44.4 Å². The van der Waals surface area contributed by atoms with Crippen LogP contribution in [-0.4, -0.2) is 120 Å². The lowest BCUT2D eigenvalue weighted by Gasteiger charge is -2.33. The molecule has 3 atom stereocenters. The van der Waals surface area contributed by atoms with Crippen LogP contribution in [0.2, 0.25) is 0 Å². The van der Waals surface area contributed by atoms with Crippen molar-refractivity contribution >= 4 is 47.6 Å². The van der Waals surface area contributed by atoms with Crippen LogP contribution in [0, 0.1) is 11.3 Å². The highest BCUT2D eigenvalue weighted by molar-refractivity contribution is 5.95. The second kappa shape index (κ2) is 26.9. The van der Waals surface area contributed by atoms with Gasteiger partial charge in [0.1, 0.15) is 23.9 Å². The number of aryl methyl sites for hydroxylation is 1. The van der Waals surface area contributed by atoms with Gasteiger partial charge in [-0.1, -0.05) is 46.4 Å². The molecule has 1 aliphatic heterocycles. The molecule has 3 aromatic heterocycles. The van der Waals surface area contributed by atoms with Crippen LogP contribution in [0.15, 0.2) is 85.7 Å². The predicted molar refractivity (Wildman–Crippen MR) is 275 cm³/mol. The Bertz CT molecular complexity index is 2520. The smallest absolute Gasteiger partial charge is 0.293 e. The number of anilines is 1. The molecule has 2 aromatic carbocycles. The third-order valence-electron chi connectivity index (χ3n) is 12.0.